The fourth-order valence-electron chi connectivity index (χ4n) is 2.69. The van der Waals surface area contributed by atoms with Crippen molar-refractivity contribution >= 4 is 11.8 Å². The van der Waals surface area contributed by atoms with E-state index < -0.39 is 0 Å². The van der Waals surface area contributed by atoms with Crippen molar-refractivity contribution < 1.29 is 0 Å². The molecule has 0 aliphatic heterocycles. The standard InChI is InChI=1S/C17H19NS/c1-12-9-13(11-18)5-8-17(12)19-16-7-6-14-3-2-4-15(14)10-16/h5-10H,2-4,11,18H2,1H3. The van der Waals surface area contributed by atoms with Crippen LogP contribution in [-0.4, -0.2) is 0 Å². The number of fused-ring (bicyclic) bond motifs is 1. The van der Waals surface area contributed by atoms with Crippen molar-refractivity contribution in [3.63, 3.8) is 0 Å². The molecule has 2 aromatic rings. The van der Waals surface area contributed by atoms with E-state index >= 15 is 0 Å². The molecule has 19 heavy (non-hydrogen) atoms. The third-order valence-corrected chi connectivity index (χ3v) is 4.94. The van der Waals surface area contributed by atoms with Crippen LogP contribution in [0, 0.1) is 6.92 Å². The van der Waals surface area contributed by atoms with Gasteiger partial charge in [0.05, 0.1) is 0 Å². The van der Waals surface area contributed by atoms with E-state index in [1.54, 1.807) is 11.1 Å². The average Bonchev–Trinajstić information content (AvgIpc) is 2.88. The van der Waals surface area contributed by atoms with Gasteiger partial charge in [0.1, 0.15) is 0 Å². The smallest absolute Gasteiger partial charge is 0.0178 e. The van der Waals surface area contributed by atoms with Gasteiger partial charge in [0.15, 0.2) is 0 Å². The molecular formula is C17H19NS. The van der Waals surface area contributed by atoms with Crippen molar-refractivity contribution in [2.45, 2.75) is 42.5 Å². The van der Waals surface area contributed by atoms with Gasteiger partial charge in [-0.15, -0.1) is 0 Å². The van der Waals surface area contributed by atoms with Crippen LogP contribution in [0.3, 0.4) is 0 Å². The Morgan fingerprint density at radius 3 is 2.68 bits per heavy atom. The van der Waals surface area contributed by atoms with Crippen LogP contribution in [-0.2, 0) is 19.4 Å². The Morgan fingerprint density at radius 1 is 1.05 bits per heavy atom. The lowest BCUT2D eigenvalue weighted by Crippen LogP contribution is -1.96. The molecule has 2 N–H and O–H groups in total. The molecule has 0 bridgehead atoms. The number of rotatable bonds is 3. The lowest BCUT2D eigenvalue weighted by molar-refractivity contribution is 0.911. The fraction of sp³-hybridized carbons (Fsp3) is 0.294. The highest BCUT2D eigenvalue weighted by atomic mass is 32.2. The van der Waals surface area contributed by atoms with Gasteiger partial charge in [-0.2, -0.15) is 0 Å². The second kappa shape index (κ2) is 5.40. The summed E-state index contributed by atoms with van der Waals surface area (Å²) in [6.45, 7) is 2.78. The minimum absolute atomic E-state index is 0.616. The van der Waals surface area contributed by atoms with E-state index in [2.05, 4.69) is 43.3 Å². The summed E-state index contributed by atoms with van der Waals surface area (Å²) >= 11 is 1.86. The average molecular weight is 269 g/mol. The topological polar surface area (TPSA) is 26.0 Å². The van der Waals surface area contributed by atoms with E-state index in [1.165, 1.54) is 40.2 Å². The number of hydrogen-bond acceptors (Lipinski definition) is 2. The van der Waals surface area contributed by atoms with Gasteiger partial charge in [0.2, 0.25) is 0 Å². The van der Waals surface area contributed by atoms with Gasteiger partial charge < -0.3 is 5.73 Å². The minimum Gasteiger partial charge on any atom is -0.326 e. The Morgan fingerprint density at radius 2 is 1.89 bits per heavy atom. The molecule has 1 aliphatic carbocycles. The highest BCUT2D eigenvalue weighted by Gasteiger charge is 2.11. The van der Waals surface area contributed by atoms with Crippen LogP contribution in [0.25, 0.3) is 0 Å². The predicted molar refractivity (Wildman–Crippen MR) is 81.7 cm³/mol. The lowest BCUT2D eigenvalue weighted by atomic mass is 10.1. The molecule has 2 heteroatoms. The predicted octanol–water partition coefficient (Wildman–Crippen LogP) is 4.09. The first-order chi connectivity index (χ1) is 9.26. The van der Waals surface area contributed by atoms with Crippen molar-refractivity contribution in [1.29, 1.82) is 0 Å². The van der Waals surface area contributed by atoms with Gasteiger partial charge >= 0.3 is 0 Å². The van der Waals surface area contributed by atoms with Gasteiger partial charge in [-0.25, -0.2) is 0 Å². The Kier molecular flexibility index (Phi) is 3.63. The third-order valence-electron chi connectivity index (χ3n) is 3.77. The summed E-state index contributed by atoms with van der Waals surface area (Å²) < 4.78 is 0. The Labute approximate surface area is 119 Å². The van der Waals surface area contributed by atoms with E-state index in [1.807, 2.05) is 11.8 Å². The highest BCUT2D eigenvalue weighted by Crippen LogP contribution is 2.33. The number of aryl methyl sites for hydroxylation is 3. The second-order valence-electron chi connectivity index (χ2n) is 5.19. The molecule has 0 atom stereocenters. The summed E-state index contributed by atoms with van der Waals surface area (Å²) in [5, 5.41) is 0. The molecule has 98 valence electrons. The van der Waals surface area contributed by atoms with E-state index in [-0.39, 0.29) is 0 Å². The van der Waals surface area contributed by atoms with Crippen molar-refractivity contribution in [2.75, 3.05) is 0 Å². The van der Waals surface area contributed by atoms with Crippen molar-refractivity contribution in [2.24, 2.45) is 5.73 Å². The molecule has 0 fully saturated rings. The molecule has 0 radical (unpaired) electrons. The first-order valence-corrected chi connectivity index (χ1v) is 7.67. The first kappa shape index (κ1) is 12.8. The molecule has 1 nitrogen and oxygen atoms in total. The van der Waals surface area contributed by atoms with Crippen LogP contribution >= 0.6 is 11.8 Å². The van der Waals surface area contributed by atoms with Crippen LogP contribution in [0.5, 0.6) is 0 Å². The van der Waals surface area contributed by atoms with Gasteiger partial charge in [-0.1, -0.05) is 30.0 Å². The first-order valence-electron chi connectivity index (χ1n) is 6.85. The van der Waals surface area contributed by atoms with Crippen molar-refractivity contribution in [1.82, 2.24) is 0 Å². The highest BCUT2D eigenvalue weighted by molar-refractivity contribution is 7.99. The van der Waals surface area contributed by atoms with Crippen LogP contribution in [0.2, 0.25) is 0 Å². The van der Waals surface area contributed by atoms with Crippen LogP contribution in [0.4, 0.5) is 0 Å². The molecule has 0 spiro atoms. The SMILES string of the molecule is Cc1cc(CN)ccc1Sc1ccc2c(c1)CCC2. The van der Waals surface area contributed by atoms with Gasteiger partial charge in [-0.3, -0.25) is 0 Å². The maximum atomic E-state index is 5.68. The molecule has 0 unspecified atom stereocenters. The maximum Gasteiger partial charge on any atom is 0.0178 e. The molecule has 0 heterocycles. The van der Waals surface area contributed by atoms with Gasteiger partial charge in [0, 0.05) is 16.3 Å². The maximum absolute atomic E-state index is 5.68. The monoisotopic (exact) mass is 269 g/mol. The van der Waals surface area contributed by atoms with E-state index in [0.29, 0.717) is 6.54 Å². The molecule has 3 rings (SSSR count). The zero-order valence-corrected chi connectivity index (χ0v) is 12.1. The molecule has 0 amide bonds. The largest absolute Gasteiger partial charge is 0.326 e. The van der Waals surface area contributed by atoms with E-state index in [0.717, 1.165) is 0 Å². The van der Waals surface area contributed by atoms with E-state index in [4.69, 9.17) is 5.73 Å². The fourth-order valence-corrected chi connectivity index (χ4v) is 3.64. The number of hydrogen-bond donors (Lipinski definition) is 1. The van der Waals surface area contributed by atoms with Crippen LogP contribution in [0.1, 0.15) is 28.7 Å². The summed E-state index contributed by atoms with van der Waals surface area (Å²) in [6, 6.07) is 13.4. The second-order valence-corrected chi connectivity index (χ2v) is 6.31. The van der Waals surface area contributed by atoms with Crippen molar-refractivity contribution in [3.8, 4) is 0 Å². The number of benzene rings is 2. The Balaban J connectivity index is 1.85. The molecule has 0 saturated heterocycles. The summed E-state index contributed by atoms with van der Waals surface area (Å²) in [5.74, 6) is 0. The zero-order valence-electron chi connectivity index (χ0n) is 11.3. The summed E-state index contributed by atoms with van der Waals surface area (Å²) in [6.07, 6.45) is 3.81. The molecule has 0 saturated carbocycles. The van der Waals surface area contributed by atoms with Crippen LogP contribution < -0.4 is 5.73 Å². The molecular weight excluding hydrogens is 250 g/mol. The van der Waals surface area contributed by atoms with Gasteiger partial charge in [0.25, 0.3) is 0 Å². The minimum atomic E-state index is 0.616. The van der Waals surface area contributed by atoms with E-state index in [9.17, 15) is 0 Å². The summed E-state index contributed by atoms with van der Waals surface area (Å²) in [7, 11) is 0. The van der Waals surface area contributed by atoms with Crippen LogP contribution in [0.15, 0.2) is 46.2 Å². The molecule has 2 aromatic carbocycles. The Hall–Kier alpha value is -1.25. The normalized spacial score (nSPS) is 13.6. The molecule has 1 aliphatic rings. The van der Waals surface area contributed by atoms with Crippen molar-refractivity contribution in [3.05, 3.63) is 58.7 Å². The number of nitrogens with two attached hydrogens (primary N) is 1. The van der Waals surface area contributed by atoms with Gasteiger partial charge in [-0.05, 0) is 66.6 Å². The quantitative estimate of drug-likeness (QED) is 0.908. The summed E-state index contributed by atoms with van der Waals surface area (Å²) in [5.41, 5.74) is 11.3. The molecule has 0 aromatic heterocycles. The zero-order chi connectivity index (χ0) is 13.2. The lowest BCUT2D eigenvalue weighted by Gasteiger charge is -2.09. The third kappa shape index (κ3) is 2.70. The summed E-state index contributed by atoms with van der Waals surface area (Å²) in [4.78, 5) is 2.68. The Bertz CT molecular complexity index is 604.